The van der Waals surface area contributed by atoms with E-state index in [4.69, 9.17) is 0 Å². The lowest BCUT2D eigenvalue weighted by molar-refractivity contribution is -0.0908. The molecule has 0 rings (SSSR count). The van der Waals surface area contributed by atoms with E-state index in [-0.39, 0.29) is 5.41 Å². The molecule has 3 N–H and O–H groups in total. The smallest absolute Gasteiger partial charge is 0.0718 e. The summed E-state index contributed by atoms with van der Waals surface area (Å²) in [5.74, 6) is 0. The van der Waals surface area contributed by atoms with Gasteiger partial charge in [0, 0.05) is 13.0 Å². The van der Waals surface area contributed by atoms with Crippen LogP contribution < -0.4 is 5.32 Å². The van der Waals surface area contributed by atoms with Crippen molar-refractivity contribution in [1.82, 2.24) is 5.32 Å². The molecule has 0 saturated carbocycles. The van der Waals surface area contributed by atoms with Crippen LogP contribution in [0.3, 0.4) is 0 Å². The fraction of sp³-hybridized carbons (Fsp3) is 1.00. The quantitative estimate of drug-likeness (QED) is 0.632. The monoisotopic (exact) mass is 217 g/mol. The third-order valence-corrected chi connectivity index (χ3v) is 3.18. The minimum absolute atomic E-state index is 0.199. The Morgan fingerprint density at radius 2 is 1.73 bits per heavy atom. The van der Waals surface area contributed by atoms with Crippen LogP contribution in [0.1, 0.15) is 47.5 Å². The van der Waals surface area contributed by atoms with Crippen molar-refractivity contribution in [2.24, 2.45) is 5.41 Å². The zero-order valence-corrected chi connectivity index (χ0v) is 10.8. The second-order valence-electron chi connectivity index (χ2n) is 5.30. The minimum atomic E-state index is -0.790. The Balaban J connectivity index is 4.31. The van der Waals surface area contributed by atoms with Gasteiger partial charge >= 0.3 is 0 Å². The number of aliphatic hydroxyl groups is 2. The number of rotatable bonds is 6. The van der Waals surface area contributed by atoms with Crippen LogP contribution in [0.15, 0.2) is 0 Å². The van der Waals surface area contributed by atoms with Crippen molar-refractivity contribution in [3.05, 3.63) is 0 Å². The first-order valence-corrected chi connectivity index (χ1v) is 5.88. The SMILES string of the molecule is CCNC[C@H](O)C[C@](O)(CC)C(C)(C)C. The van der Waals surface area contributed by atoms with E-state index in [0.29, 0.717) is 19.4 Å². The first-order valence-electron chi connectivity index (χ1n) is 5.88. The van der Waals surface area contributed by atoms with Gasteiger partial charge in [-0.1, -0.05) is 34.6 Å². The van der Waals surface area contributed by atoms with Crippen LogP contribution in [0.4, 0.5) is 0 Å². The van der Waals surface area contributed by atoms with Gasteiger partial charge in [-0.15, -0.1) is 0 Å². The summed E-state index contributed by atoms with van der Waals surface area (Å²) in [6.45, 7) is 11.4. The molecule has 0 saturated heterocycles. The summed E-state index contributed by atoms with van der Waals surface area (Å²) in [5, 5.41) is 23.3. The maximum atomic E-state index is 10.4. The Hall–Kier alpha value is -0.120. The highest BCUT2D eigenvalue weighted by Gasteiger charge is 2.39. The van der Waals surface area contributed by atoms with E-state index in [1.54, 1.807) is 0 Å². The van der Waals surface area contributed by atoms with Gasteiger partial charge in [0.2, 0.25) is 0 Å². The molecule has 0 aromatic rings. The van der Waals surface area contributed by atoms with Crippen molar-refractivity contribution in [2.45, 2.75) is 59.2 Å². The Bertz CT molecular complexity index is 177. The van der Waals surface area contributed by atoms with Crippen molar-refractivity contribution in [2.75, 3.05) is 13.1 Å². The molecule has 2 atom stereocenters. The van der Waals surface area contributed by atoms with E-state index in [2.05, 4.69) is 5.32 Å². The van der Waals surface area contributed by atoms with Gasteiger partial charge in [0.05, 0.1) is 11.7 Å². The zero-order chi connectivity index (χ0) is 12.1. The van der Waals surface area contributed by atoms with E-state index < -0.39 is 11.7 Å². The van der Waals surface area contributed by atoms with Crippen molar-refractivity contribution in [3.63, 3.8) is 0 Å². The van der Waals surface area contributed by atoms with E-state index >= 15 is 0 Å². The number of aliphatic hydroxyl groups excluding tert-OH is 1. The summed E-state index contributed by atoms with van der Waals surface area (Å²) in [6, 6.07) is 0. The third kappa shape index (κ3) is 4.49. The van der Waals surface area contributed by atoms with Gasteiger partial charge in [-0.3, -0.25) is 0 Å². The molecule has 0 heterocycles. The Morgan fingerprint density at radius 1 is 1.20 bits per heavy atom. The minimum Gasteiger partial charge on any atom is -0.392 e. The van der Waals surface area contributed by atoms with E-state index in [1.807, 2.05) is 34.6 Å². The molecule has 92 valence electrons. The van der Waals surface area contributed by atoms with Crippen LogP contribution in [0.25, 0.3) is 0 Å². The average molecular weight is 217 g/mol. The Kier molecular flexibility index (Phi) is 5.78. The molecular formula is C12H27NO2. The van der Waals surface area contributed by atoms with Crippen LogP contribution in [-0.2, 0) is 0 Å². The van der Waals surface area contributed by atoms with Crippen LogP contribution >= 0.6 is 0 Å². The standard InChI is InChI=1S/C12H27NO2/c1-6-12(15,11(3,4)5)8-10(14)9-13-7-2/h10,13-15H,6-9H2,1-5H3/t10-,12-/m1/s1. The number of hydrogen-bond acceptors (Lipinski definition) is 3. The van der Waals surface area contributed by atoms with Gasteiger partial charge < -0.3 is 15.5 Å². The number of hydrogen-bond donors (Lipinski definition) is 3. The largest absolute Gasteiger partial charge is 0.392 e. The zero-order valence-electron chi connectivity index (χ0n) is 10.8. The summed E-state index contributed by atoms with van der Waals surface area (Å²) >= 11 is 0. The normalized spacial score (nSPS) is 18.6. The van der Waals surface area contributed by atoms with E-state index in [1.165, 1.54) is 0 Å². The molecule has 0 radical (unpaired) electrons. The van der Waals surface area contributed by atoms with Crippen molar-refractivity contribution in [1.29, 1.82) is 0 Å². The summed E-state index contributed by atoms with van der Waals surface area (Å²) in [7, 11) is 0. The van der Waals surface area contributed by atoms with Crippen LogP contribution in [0.2, 0.25) is 0 Å². The summed E-state index contributed by atoms with van der Waals surface area (Å²) in [5.41, 5.74) is -0.989. The Morgan fingerprint density at radius 3 is 2.07 bits per heavy atom. The van der Waals surface area contributed by atoms with Crippen LogP contribution in [0, 0.1) is 5.41 Å². The van der Waals surface area contributed by atoms with Gasteiger partial charge in [-0.05, 0) is 18.4 Å². The lowest BCUT2D eigenvalue weighted by Gasteiger charge is -2.41. The molecule has 0 aromatic carbocycles. The second-order valence-corrected chi connectivity index (χ2v) is 5.30. The topological polar surface area (TPSA) is 52.5 Å². The molecule has 0 aliphatic rings. The highest BCUT2D eigenvalue weighted by molar-refractivity contribution is 4.91. The molecule has 0 aromatic heterocycles. The van der Waals surface area contributed by atoms with E-state index in [0.717, 1.165) is 6.54 Å². The fourth-order valence-corrected chi connectivity index (χ4v) is 1.75. The molecule has 0 amide bonds. The molecular weight excluding hydrogens is 190 g/mol. The maximum Gasteiger partial charge on any atom is 0.0718 e. The lowest BCUT2D eigenvalue weighted by Crippen LogP contribution is -2.46. The van der Waals surface area contributed by atoms with Crippen molar-refractivity contribution < 1.29 is 10.2 Å². The molecule has 0 bridgehead atoms. The highest BCUT2D eigenvalue weighted by atomic mass is 16.3. The summed E-state index contributed by atoms with van der Waals surface area (Å²) in [4.78, 5) is 0. The first-order chi connectivity index (χ1) is 6.77. The molecule has 3 nitrogen and oxygen atoms in total. The van der Waals surface area contributed by atoms with Crippen LogP contribution in [-0.4, -0.2) is 35.0 Å². The maximum absolute atomic E-state index is 10.4. The van der Waals surface area contributed by atoms with E-state index in [9.17, 15) is 10.2 Å². The predicted molar refractivity (Wildman–Crippen MR) is 63.9 cm³/mol. The van der Waals surface area contributed by atoms with Crippen LogP contribution in [0.5, 0.6) is 0 Å². The third-order valence-electron chi connectivity index (χ3n) is 3.18. The van der Waals surface area contributed by atoms with Crippen molar-refractivity contribution >= 4 is 0 Å². The average Bonchev–Trinajstić information content (AvgIpc) is 2.12. The second kappa shape index (κ2) is 5.83. The number of nitrogens with one attached hydrogen (secondary N) is 1. The van der Waals surface area contributed by atoms with Crippen molar-refractivity contribution in [3.8, 4) is 0 Å². The summed E-state index contributed by atoms with van der Waals surface area (Å²) in [6.07, 6.45) is 0.619. The molecule has 0 aliphatic carbocycles. The Labute approximate surface area is 93.9 Å². The van der Waals surface area contributed by atoms with Gasteiger partial charge in [0.1, 0.15) is 0 Å². The lowest BCUT2D eigenvalue weighted by atomic mass is 9.72. The first kappa shape index (κ1) is 14.9. The number of likely N-dealkylation sites (N-methyl/N-ethyl adjacent to an activating group) is 1. The molecule has 0 spiro atoms. The van der Waals surface area contributed by atoms with Gasteiger partial charge in [0.15, 0.2) is 0 Å². The molecule has 0 fully saturated rings. The predicted octanol–water partition coefficient (Wildman–Crippen LogP) is 1.53. The molecule has 15 heavy (non-hydrogen) atoms. The molecule has 3 heteroatoms. The fourth-order valence-electron chi connectivity index (χ4n) is 1.75. The molecule has 0 aliphatic heterocycles. The highest BCUT2D eigenvalue weighted by Crippen LogP contribution is 2.36. The van der Waals surface area contributed by atoms with Gasteiger partial charge in [0.25, 0.3) is 0 Å². The van der Waals surface area contributed by atoms with Gasteiger partial charge in [-0.2, -0.15) is 0 Å². The molecule has 0 unspecified atom stereocenters. The summed E-state index contributed by atoms with van der Waals surface area (Å²) < 4.78 is 0. The van der Waals surface area contributed by atoms with Gasteiger partial charge in [-0.25, -0.2) is 0 Å².